The third-order valence-corrected chi connectivity index (χ3v) is 1.81. The quantitative estimate of drug-likeness (QED) is 0.589. The van der Waals surface area contributed by atoms with Gasteiger partial charge >= 0.3 is 0 Å². The molecule has 1 aromatic rings. The third-order valence-electron chi connectivity index (χ3n) is 1.81. The van der Waals surface area contributed by atoms with Crippen LogP contribution >= 0.6 is 0 Å². The van der Waals surface area contributed by atoms with Crippen molar-refractivity contribution in [1.29, 1.82) is 0 Å². The number of benzene rings is 1. The minimum Gasteiger partial charge on any atom is -0.381 e. The van der Waals surface area contributed by atoms with Gasteiger partial charge in [-0.1, -0.05) is 12.1 Å². The van der Waals surface area contributed by atoms with Gasteiger partial charge in [-0.05, 0) is 6.07 Å². The molecular weight excluding hydrogens is 204 g/mol. The Balaban J connectivity index is 3.02. The Kier molecular flexibility index (Phi) is 3.29. The molecular formula is C8H8N2O5. The molecule has 1 atom stereocenters. The van der Waals surface area contributed by atoms with Crippen LogP contribution in [0.4, 0.5) is 5.69 Å². The van der Waals surface area contributed by atoms with Crippen LogP contribution in [0, 0.1) is 20.2 Å². The fourth-order valence-corrected chi connectivity index (χ4v) is 1.18. The highest BCUT2D eigenvalue weighted by Gasteiger charge is 2.23. The van der Waals surface area contributed by atoms with E-state index >= 15 is 0 Å². The number of hydrogen-bond donors (Lipinski definition) is 1. The topological polar surface area (TPSA) is 107 Å². The van der Waals surface area contributed by atoms with Crippen molar-refractivity contribution in [3.05, 3.63) is 50.1 Å². The van der Waals surface area contributed by atoms with Crippen LogP contribution < -0.4 is 0 Å². The molecule has 80 valence electrons. The summed E-state index contributed by atoms with van der Waals surface area (Å²) in [6, 6.07) is 5.40. The molecule has 0 aliphatic heterocycles. The highest BCUT2D eigenvalue weighted by molar-refractivity contribution is 5.41. The number of para-hydroxylation sites is 1. The first-order chi connectivity index (χ1) is 7.02. The normalized spacial score (nSPS) is 12.1. The zero-order valence-corrected chi connectivity index (χ0v) is 7.57. The molecule has 7 heteroatoms. The van der Waals surface area contributed by atoms with E-state index in [0.29, 0.717) is 0 Å². The molecule has 7 nitrogen and oxygen atoms in total. The van der Waals surface area contributed by atoms with Gasteiger partial charge < -0.3 is 5.11 Å². The van der Waals surface area contributed by atoms with Gasteiger partial charge in [0.25, 0.3) is 5.69 Å². The molecule has 0 aliphatic rings. The minimum atomic E-state index is -1.46. The van der Waals surface area contributed by atoms with Crippen LogP contribution in [0.15, 0.2) is 24.3 Å². The van der Waals surface area contributed by atoms with Crippen molar-refractivity contribution in [2.24, 2.45) is 0 Å². The molecule has 0 bridgehead atoms. The molecule has 0 saturated carbocycles. The summed E-state index contributed by atoms with van der Waals surface area (Å²) in [5.41, 5.74) is -0.356. The first-order valence-electron chi connectivity index (χ1n) is 4.05. The van der Waals surface area contributed by atoms with E-state index in [4.69, 9.17) is 0 Å². The van der Waals surface area contributed by atoms with E-state index in [9.17, 15) is 25.3 Å². The van der Waals surface area contributed by atoms with E-state index in [0.717, 1.165) is 0 Å². The second-order valence-corrected chi connectivity index (χ2v) is 2.85. The fraction of sp³-hybridized carbons (Fsp3) is 0.250. The van der Waals surface area contributed by atoms with E-state index in [1.165, 1.54) is 24.3 Å². The average molecular weight is 212 g/mol. The van der Waals surface area contributed by atoms with Gasteiger partial charge in [0.15, 0.2) is 0 Å². The van der Waals surface area contributed by atoms with Gasteiger partial charge in [-0.25, -0.2) is 0 Å². The van der Waals surface area contributed by atoms with Crippen molar-refractivity contribution in [2.75, 3.05) is 6.54 Å². The van der Waals surface area contributed by atoms with Gasteiger partial charge in [0.2, 0.25) is 6.54 Å². The Labute approximate surface area is 84.3 Å². The molecule has 0 heterocycles. The first-order valence-corrected chi connectivity index (χ1v) is 4.05. The van der Waals surface area contributed by atoms with Crippen molar-refractivity contribution in [1.82, 2.24) is 0 Å². The van der Waals surface area contributed by atoms with Crippen LogP contribution in [-0.4, -0.2) is 21.5 Å². The number of rotatable bonds is 4. The van der Waals surface area contributed by atoms with Crippen LogP contribution in [-0.2, 0) is 0 Å². The molecule has 1 unspecified atom stereocenters. The molecule has 0 aromatic heterocycles. The van der Waals surface area contributed by atoms with Crippen LogP contribution in [0.25, 0.3) is 0 Å². The smallest absolute Gasteiger partial charge is 0.275 e. The van der Waals surface area contributed by atoms with Gasteiger partial charge in [-0.3, -0.25) is 20.2 Å². The van der Waals surface area contributed by atoms with Gasteiger partial charge in [0.05, 0.1) is 10.5 Å². The van der Waals surface area contributed by atoms with Crippen molar-refractivity contribution in [2.45, 2.75) is 6.10 Å². The van der Waals surface area contributed by atoms with Gasteiger partial charge in [0.1, 0.15) is 6.10 Å². The first kappa shape index (κ1) is 11.1. The lowest BCUT2D eigenvalue weighted by Crippen LogP contribution is -2.13. The van der Waals surface area contributed by atoms with Crippen LogP contribution in [0.2, 0.25) is 0 Å². The molecule has 0 amide bonds. The van der Waals surface area contributed by atoms with E-state index in [1.54, 1.807) is 0 Å². The van der Waals surface area contributed by atoms with Crippen LogP contribution in [0.5, 0.6) is 0 Å². The zero-order chi connectivity index (χ0) is 11.4. The van der Waals surface area contributed by atoms with E-state index in [1.807, 2.05) is 0 Å². The monoisotopic (exact) mass is 212 g/mol. The fourth-order valence-electron chi connectivity index (χ4n) is 1.18. The summed E-state index contributed by atoms with van der Waals surface area (Å²) in [6.07, 6.45) is -1.46. The molecule has 0 spiro atoms. The Morgan fingerprint density at radius 2 is 1.87 bits per heavy atom. The standard InChI is InChI=1S/C8H8N2O5/c11-8(5-9(12)13)6-3-1-2-4-7(6)10(14)15/h1-4,8,11H,5H2. The predicted molar refractivity (Wildman–Crippen MR) is 49.9 cm³/mol. The molecule has 1 rings (SSSR count). The van der Waals surface area contributed by atoms with E-state index in [-0.39, 0.29) is 11.3 Å². The summed E-state index contributed by atoms with van der Waals surface area (Å²) in [5.74, 6) is 0. The number of aliphatic hydroxyl groups excluding tert-OH is 1. The second-order valence-electron chi connectivity index (χ2n) is 2.85. The highest BCUT2D eigenvalue weighted by Crippen LogP contribution is 2.24. The van der Waals surface area contributed by atoms with Crippen LogP contribution in [0.1, 0.15) is 11.7 Å². The lowest BCUT2D eigenvalue weighted by molar-refractivity contribution is -0.492. The van der Waals surface area contributed by atoms with Gasteiger partial charge in [-0.2, -0.15) is 0 Å². The summed E-state index contributed by atoms with van der Waals surface area (Å²) >= 11 is 0. The van der Waals surface area contributed by atoms with Gasteiger partial charge in [-0.15, -0.1) is 0 Å². The number of hydrogen-bond acceptors (Lipinski definition) is 5. The van der Waals surface area contributed by atoms with Crippen molar-refractivity contribution in [3.8, 4) is 0 Å². The molecule has 1 aromatic carbocycles. The highest BCUT2D eigenvalue weighted by atomic mass is 16.6. The Morgan fingerprint density at radius 1 is 1.27 bits per heavy atom. The molecule has 15 heavy (non-hydrogen) atoms. The molecule has 0 radical (unpaired) electrons. The minimum absolute atomic E-state index is 0.0424. The Morgan fingerprint density at radius 3 is 2.40 bits per heavy atom. The summed E-state index contributed by atoms with van der Waals surface area (Å²) in [6.45, 7) is -0.745. The summed E-state index contributed by atoms with van der Waals surface area (Å²) in [5, 5.41) is 30.1. The van der Waals surface area contributed by atoms with Gasteiger partial charge in [0, 0.05) is 11.0 Å². The van der Waals surface area contributed by atoms with Crippen molar-refractivity contribution >= 4 is 5.69 Å². The Bertz CT molecular complexity index is 392. The number of nitro benzene ring substituents is 1. The van der Waals surface area contributed by atoms with E-state index in [2.05, 4.69) is 0 Å². The SMILES string of the molecule is O=[N+]([O-])CC(O)c1ccccc1[N+](=O)[O-]. The molecule has 0 fully saturated rings. The lowest BCUT2D eigenvalue weighted by atomic mass is 10.1. The third kappa shape index (κ3) is 2.71. The molecule has 1 N–H and O–H groups in total. The molecule has 0 aliphatic carbocycles. The number of aliphatic hydroxyl groups is 1. The lowest BCUT2D eigenvalue weighted by Gasteiger charge is -2.06. The maximum Gasteiger partial charge on any atom is 0.275 e. The molecule has 0 saturated heterocycles. The van der Waals surface area contributed by atoms with Crippen molar-refractivity contribution in [3.63, 3.8) is 0 Å². The number of nitro groups is 2. The maximum absolute atomic E-state index is 10.5. The van der Waals surface area contributed by atoms with Crippen molar-refractivity contribution < 1.29 is 15.0 Å². The summed E-state index contributed by atoms with van der Waals surface area (Å²) < 4.78 is 0. The second kappa shape index (κ2) is 4.47. The van der Waals surface area contributed by atoms with Crippen LogP contribution in [0.3, 0.4) is 0 Å². The van der Waals surface area contributed by atoms with E-state index < -0.39 is 22.5 Å². The predicted octanol–water partition coefficient (Wildman–Crippen LogP) is 0.905. The summed E-state index contributed by atoms with van der Waals surface area (Å²) in [7, 11) is 0. The zero-order valence-electron chi connectivity index (χ0n) is 7.57. The number of nitrogens with zero attached hydrogens (tertiary/aromatic N) is 2. The average Bonchev–Trinajstić information content (AvgIpc) is 2.16. The Hall–Kier alpha value is -2.02. The summed E-state index contributed by atoms with van der Waals surface area (Å²) in [4.78, 5) is 19.3. The maximum atomic E-state index is 10.5. The largest absolute Gasteiger partial charge is 0.381 e.